The summed E-state index contributed by atoms with van der Waals surface area (Å²) in [5.41, 5.74) is 2.60. The van der Waals surface area contributed by atoms with Crippen LogP contribution in [0.1, 0.15) is 36.2 Å². The Hall–Kier alpha value is -2.36. The zero-order chi connectivity index (χ0) is 15.9. The first kappa shape index (κ1) is 16.0. The summed E-state index contributed by atoms with van der Waals surface area (Å²) in [7, 11) is 1.81. The molecule has 0 spiro atoms. The van der Waals surface area contributed by atoms with Gasteiger partial charge in [-0.05, 0) is 25.0 Å². The number of anilines is 1. The second kappa shape index (κ2) is 7.59. The molecule has 1 aromatic heterocycles. The molecule has 1 amide bonds. The number of benzene rings is 1. The Morgan fingerprint density at radius 3 is 2.68 bits per heavy atom. The molecule has 1 unspecified atom stereocenters. The molecule has 4 nitrogen and oxygen atoms in total. The number of carbonyl (C=O) groups excluding carboxylic acids is 1. The van der Waals surface area contributed by atoms with Gasteiger partial charge < -0.3 is 10.2 Å². The molecule has 2 aromatic rings. The van der Waals surface area contributed by atoms with Crippen LogP contribution < -0.4 is 5.32 Å². The molecule has 0 bridgehead atoms. The summed E-state index contributed by atoms with van der Waals surface area (Å²) in [4.78, 5) is 18.4. The largest absolute Gasteiger partial charge is 0.381 e. The number of amides is 1. The average Bonchev–Trinajstić information content (AvgIpc) is 2.55. The monoisotopic (exact) mass is 297 g/mol. The van der Waals surface area contributed by atoms with Gasteiger partial charge in [0.05, 0.1) is 11.3 Å². The predicted octanol–water partition coefficient (Wildman–Crippen LogP) is 3.56. The average molecular weight is 297 g/mol. The van der Waals surface area contributed by atoms with Gasteiger partial charge in [0, 0.05) is 32.0 Å². The van der Waals surface area contributed by atoms with E-state index < -0.39 is 0 Å². The Balaban J connectivity index is 2.07. The van der Waals surface area contributed by atoms with Crippen molar-refractivity contribution in [1.29, 1.82) is 0 Å². The fourth-order valence-corrected chi connectivity index (χ4v) is 2.17. The van der Waals surface area contributed by atoms with Gasteiger partial charge in [-0.2, -0.15) is 0 Å². The quantitative estimate of drug-likeness (QED) is 0.886. The zero-order valence-corrected chi connectivity index (χ0v) is 13.4. The molecular formula is C18H23N3O. The van der Waals surface area contributed by atoms with E-state index in [9.17, 15) is 4.79 Å². The smallest absolute Gasteiger partial charge is 0.255 e. The second-order valence-corrected chi connectivity index (χ2v) is 5.56. The van der Waals surface area contributed by atoms with E-state index in [-0.39, 0.29) is 5.91 Å². The maximum atomic E-state index is 12.5. The standard InChI is InChI=1S/C18H23N3O/c1-4-14(2)20-17-10-16(11-19-12-17)18(22)21(3)13-15-8-6-5-7-9-15/h5-12,14,20H,4,13H2,1-3H3. The summed E-state index contributed by atoms with van der Waals surface area (Å²) in [5, 5.41) is 3.34. The third-order valence-corrected chi connectivity index (χ3v) is 3.62. The van der Waals surface area contributed by atoms with E-state index in [2.05, 4.69) is 24.1 Å². The highest BCUT2D eigenvalue weighted by Gasteiger charge is 2.13. The number of aromatic nitrogens is 1. The summed E-state index contributed by atoms with van der Waals surface area (Å²) in [6, 6.07) is 12.2. The van der Waals surface area contributed by atoms with Crippen LogP contribution in [0.4, 0.5) is 5.69 Å². The summed E-state index contributed by atoms with van der Waals surface area (Å²) < 4.78 is 0. The van der Waals surface area contributed by atoms with Crippen LogP contribution in [0.2, 0.25) is 0 Å². The number of nitrogens with zero attached hydrogens (tertiary/aromatic N) is 2. The molecule has 0 fully saturated rings. The molecule has 0 saturated heterocycles. The molecule has 22 heavy (non-hydrogen) atoms. The van der Waals surface area contributed by atoms with E-state index in [4.69, 9.17) is 0 Å². The summed E-state index contributed by atoms with van der Waals surface area (Å²) in [6.45, 7) is 4.81. The van der Waals surface area contributed by atoms with E-state index in [1.54, 1.807) is 17.3 Å². The van der Waals surface area contributed by atoms with Gasteiger partial charge in [0.15, 0.2) is 0 Å². The van der Waals surface area contributed by atoms with Crippen LogP contribution in [-0.4, -0.2) is 28.9 Å². The van der Waals surface area contributed by atoms with Crippen molar-refractivity contribution >= 4 is 11.6 Å². The Morgan fingerprint density at radius 2 is 2.00 bits per heavy atom. The van der Waals surface area contributed by atoms with Crippen molar-refractivity contribution < 1.29 is 4.79 Å². The number of nitrogens with one attached hydrogen (secondary N) is 1. The molecule has 1 atom stereocenters. The van der Waals surface area contributed by atoms with E-state index in [0.29, 0.717) is 18.2 Å². The lowest BCUT2D eigenvalue weighted by Gasteiger charge is -2.18. The molecular weight excluding hydrogens is 274 g/mol. The summed E-state index contributed by atoms with van der Waals surface area (Å²) in [6.07, 6.45) is 4.39. The van der Waals surface area contributed by atoms with Crippen molar-refractivity contribution in [2.75, 3.05) is 12.4 Å². The van der Waals surface area contributed by atoms with Crippen LogP contribution in [-0.2, 0) is 6.54 Å². The fraction of sp³-hybridized carbons (Fsp3) is 0.333. The molecule has 4 heteroatoms. The van der Waals surface area contributed by atoms with Crippen molar-refractivity contribution in [3.63, 3.8) is 0 Å². The van der Waals surface area contributed by atoms with Crippen molar-refractivity contribution in [1.82, 2.24) is 9.88 Å². The molecule has 1 aromatic carbocycles. The summed E-state index contributed by atoms with van der Waals surface area (Å²) >= 11 is 0. The molecule has 0 radical (unpaired) electrons. The van der Waals surface area contributed by atoms with Gasteiger partial charge in [0.1, 0.15) is 0 Å². The van der Waals surface area contributed by atoms with Gasteiger partial charge in [-0.15, -0.1) is 0 Å². The minimum Gasteiger partial charge on any atom is -0.381 e. The van der Waals surface area contributed by atoms with Crippen LogP contribution in [0.3, 0.4) is 0 Å². The lowest BCUT2D eigenvalue weighted by atomic mass is 10.2. The molecule has 2 rings (SSSR count). The first-order chi connectivity index (χ1) is 10.6. The maximum absolute atomic E-state index is 12.5. The number of carbonyl (C=O) groups is 1. The van der Waals surface area contributed by atoms with E-state index in [1.807, 2.05) is 43.4 Å². The lowest BCUT2D eigenvalue weighted by molar-refractivity contribution is 0.0784. The predicted molar refractivity (Wildman–Crippen MR) is 89.9 cm³/mol. The lowest BCUT2D eigenvalue weighted by Crippen LogP contribution is -2.26. The maximum Gasteiger partial charge on any atom is 0.255 e. The Labute approximate surface area is 132 Å². The SMILES string of the molecule is CCC(C)Nc1cncc(C(=O)N(C)Cc2ccccc2)c1. The number of hydrogen-bond acceptors (Lipinski definition) is 3. The Bertz CT molecular complexity index is 613. The van der Waals surface area contributed by atoms with Crippen LogP contribution in [0.25, 0.3) is 0 Å². The highest BCUT2D eigenvalue weighted by Crippen LogP contribution is 2.13. The van der Waals surface area contributed by atoms with Crippen LogP contribution >= 0.6 is 0 Å². The van der Waals surface area contributed by atoms with Crippen LogP contribution in [0.5, 0.6) is 0 Å². The van der Waals surface area contributed by atoms with E-state index in [1.165, 1.54) is 0 Å². The van der Waals surface area contributed by atoms with Crippen LogP contribution in [0.15, 0.2) is 48.8 Å². The Kier molecular flexibility index (Phi) is 5.53. The van der Waals surface area contributed by atoms with Gasteiger partial charge in [0.25, 0.3) is 5.91 Å². The second-order valence-electron chi connectivity index (χ2n) is 5.56. The highest BCUT2D eigenvalue weighted by molar-refractivity contribution is 5.94. The molecule has 0 saturated carbocycles. The molecule has 0 aliphatic heterocycles. The number of hydrogen-bond donors (Lipinski definition) is 1. The van der Waals surface area contributed by atoms with Gasteiger partial charge >= 0.3 is 0 Å². The Morgan fingerprint density at radius 1 is 1.27 bits per heavy atom. The van der Waals surface area contributed by atoms with Gasteiger partial charge in [0.2, 0.25) is 0 Å². The molecule has 116 valence electrons. The van der Waals surface area contributed by atoms with Crippen molar-refractivity contribution in [2.45, 2.75) is 32.9 Å². The third kappa shape index (κ3) is 4.32. The van der Waals surface area contributed by atoms with E-state index >= 15 is 0 Å². The number of rotatable bonds is 6. The zero-order valence-electron chi connectivity index (χ0n) is 13.4. The van der Waals surface area contributed by atoms with Crippen molar-refractivity contribution in [3.8, 4) is 0 Å². The highest BCUT2D eigenvalue weighted by atomic mass is 16.2. The van der Waals surface area contributed by atoms with Crippen molar-refractivity contribution in [3.05, 3.63) is 59.9 Å². The summed E-state index contributed by atoms with van der Waals surface area (Å²) in [5.74, 6) is -0.0239. The molecule has 0 aliphatic carbocycles. The van der Waals surface area contributed by atoms with Crippen LogP contribution in [0, 0.1) is 0 Å². The fourth-order valence-electron chi connectivity index (χ4n) is 2.17. The van der Waals surface area contributed by atoms with Gasteiger partial charge in [-0.3, -0.25) is 9.78 Å². The first-order valence-corrected chi connectivity index (χ1v) is 7.61. The molecule has 1 N–H and O–H groups in total. The third-order valence-electron chi connectivity index (χ3n) is 3.62. The normalized spacial score (nSPS) is 11.8. The first-order valence-electron chi connectivity index (χ1n) is 7.61. The van der Waals surface area contributed by atoms with Crippen molar-refractivity contribution in [2.24, 2.45) is 0 Å². The van der Waals surface area contributed by atoms with Gasteiger partial charge in [-0.1, -0.05) is 37.3 Å². The molecule has 1 heterocycles. The minimum absolute atomic E-state index is 0.0239. The van der Waals surface area contributed by atoms with Gasteiger partial charge in [-0.25, -0.2) is 0 Å². The molecule has 0 aliphatic rings. The van der Waals surface area contributed by atoms with E-state index in [0.717, 1.165) is 17.7 Å². The number of pyridine rings is 1. The topological polar surface area (TPSA) is 45.2 Å². The minimum atomic E-state index is -0.0239.